The highest BCUT2D eigenvalue weighted by molar-refractivity contribution is 6.30. The number of hydrogen-bond acceptors (Lipinski definition) is 6. The van der Waals surface area contributed by atoms with Crippen molar-refractivity contribution >= 4 is 23.3 Å². The molecule has 4 aromatic rings. The summed E-state index contributed by atoms with van der Waals surface area (Å²) in [6.07, 6.45) is 14.2. The van der Waals surface area contributed by atoms with E-state index in [1.54, 1.807) is 0 Å². The van der Waals surface area contributed by atoms with E-state index in [1.165, 1.54) is 40.8 Å². The lowest BCUT2D eigenvalue weighted by Crippen LogP contribution is -2.53. The van der Waals surface area contributed by atoms with Crippen molar-refractivity contribution in [2.24, 2.45) is 11.8 Å². The van der Waals surface area contributed by atoms with Gasteiger partial charge in [-0.15, -0.1) is 0 Å². The Morgan fingerprint density at radius 2 is 1.82 bits per heavy atom. The van der Waals surface area contributed by atoms with Gasteiger partial charge in [0.2, 0.25) is 0 Å². The maximum Gasteiger partial charge on any atom is 0.329 e. The number of anilines is 1. The Balaban J connectivity index is 1.08. The number of aromatic nitrogens is 1. The van der Waals surface area contributed by atoms with Crippen molar-refractivity contribution in [1.82, 2.24) is 10.3 Å². The van der Waals surface area contributed by atoms with Crippen molar-refractivity contribution in [1.29, 1.82) is 0 Å². The molecule has 0 saturated heterocycles. The molecule has 3 aliphatic carbocycles. The Morgan fingerprint density at radius 1 is 1.00 bits per heavy atom. The minimum atomic E-state index is -1.08. The van der Waals surface area contributed by atoms with Gasteiger partial charge in [0.15, 0.2) is 0 Å². The van der Waals surface area contributed by atoms with E-state index in [-0.39, 0.29) is 18.1 Å². The second-order valence-electron chi connectivity index (χ2n) is 17.1. The van der Waals surface area contributed by atoms with E-state index >= 15 is 0 Å². The average molecular weight is 778 g/mol. The summed E-state index contributed by atoms with van der Waals surface area (Å²) < 4.78 is 6.62. The number of aliphatic hydroxyl groups excluding tert-OH is 1. The first-order valence-corrected chi connectivity index (χ1v) is 21.5. The van der Waals surface area contributed by atoms with Gasteiger partial charge >= 0.3 is 5.97 Å². The molecule has 0 bridgehead atoms. The zero-order chi connectivity index (χ0) is 39.1. The van der Waals surface area contributed by atoms with Gasteiger partial charge in [-0.2, -0.15) is 0 Å². The summed E-state index contributed by atoms with van der Waals surface area (Å²) in [6, 6.07) is 26.7. The summed E-state index contributed by atoms with van der Waals surface area (Å²) in [6.45, 7) is 6.09. The predicted molar refractivity (Wildman–Crippen MR) is 226 cm³/mol. The maximum absolute atomic E-state index is 13.1. The van der Waals surface area contributed by atoms with Crippen molar-refractivity contribution in [3.8, 4) is 5.75 Å². The highest BCUT2D eigenvalue weighted by atomic mass is 35.5. The summed E-state index contributed by atoms with van der Waals surface area (Å²) in [5.41, 5.74) is 7.14. The summed E-state index contributed by atoms with van der Waals surface area (Å²) in [4.78, 5) is 17.8. The van der Waals surface area contributed by atoms with Gasteiger partial charge in [0.25, 0.3) is 0 Å². The van der Waals surface area contributed by atoms with Crippen molar-refractivity contribution < 1.29 is 19.7 Å². The van der Waals surface area contributed by atoms with Crippen LogP contribution in [-0.2, 0) is 29.5 Å². The third kappa shape index (κ3) is 8.96. The van der Waals surface area contributed by atoms with Crippen molar-refractivity contribution in [2.45, 2.75) is 120 Å². The van der Waals surface area contributed by atoms with Crippen LogP contribution in [0.25, 0.3) is 0 Å². The van der Waals surface area contributed by atoms with Gasteiger partial charge in [0.05, 0.1) is 19.3 Å². The van der Waals surface area contributed by atoms with Crippen molar-refractivity contribution in [2.75, 3.05) is 25.1 Å². The molecule has 4 N–H and O–H groups in total. The predicted octanol–water partition coefficient (Wildman–Crippen LogP) is 10.2. The number of halogens is 1. The van der Waals surface area contributed by atoms with Crippen LogP contribution in [0.3, 0.4) is 0 Å². The maximum atomic E-state index is 13.1. The van der Waals surface area contributed by atoms with E-state index in [0.717, 1.165) is 81.3 Å². The number of nitrogens with one attached hydrogen (secondary N) is 2. The lowest BCUT2D eigenvalue weighted by molar-refractivity contribution is -0.144. The molecule has 4 atom stereocenters. The minimum Gasteiger partial charge on any atom is -0.493 e. The molecule has 1 saturated carbocycles. The molecule has 1 aromatic heterocycles. The first kappa shape index (κ1) is 40.3. The summed E-state index contributed by atoms with van der Waals surface area (Å²) in [7, 11) is 0. The normalized spacial score (nSPS) is 23.9. The smallest absolute Gasteiger partial charge is 0.329 e. The SMILES string of the molecule is C[C@@H](COc1ccnc2c1[C@H](C)CCC2)CC1Cc2ccc(C(CO)NCCCCCc3ccccc3)cc2C12CCC(Nc1cccc(Cl)c1)(C(=O)O)CC2. The molecule has 7 nitrogen and oxygen atoms in total. The van der Waals surface area contributed by atoms with Gasteiger partial charge < -0.3 is 25.6 Å². The lowest BCUT2D eigenvalue weighted by atomic mass is 9.59. The highest BCUT2D eigenvalue weighted by Crippen LogP contribution is 2.56. The zero-order valence-electron chi connectivity index (χ0n) is 33.2. The number of pyridine rings is 1. The monoisotopic (exact) mass is 777 g/mol. The summed E-state index contributed by atoms with van der Waals surface area (Å²) in [5, 5.41) is 29.0. The highest BCUT2D eigenvalue weighted by Gasteiger charge is 2.54. The van der Waals surface area contributed by atoms with Crippen LogP contribution in [0.2, 0.25) is 5.02 Å². The topological polar surface area (TPSA) is 104 Å². The summed E-state index contributed by atoms with van der Waals surface area (Å²) in [5.74, 6) is 1.27. The molecule has 8 heteroatoms. The number of benzene rings is 3. The molecule has 3 aliphatic rings. The number of rotatable bonds is 17. The second-order valence-corrected chi connectivity index (χ2v) is 17.5. The molecule has 1 fully saturated rings. The van der Waals surface area contributed by atoms with Gasteiger partial charge in [-0.25, -0.2) is 4.79 Å². The van der Waals surface area contributed by atoms with Crippen LogP contribution in [0.15, 0.2) is 85.1 Å². The standard InChI is InChI=1S/C48H60ClN3O4/c1-33(32-56-44-20-26-51-42-17-9-11-34(2)45(42)44)27-38-28-36-18-19-37(43(31-53)50-25-8-4-7-14-35-12-5-3-6-13-35)29-41(36)47(38)21-23-48(24-22-47,46(54)55)52-40-16-10-15-39(49)30-40/h3,5-6,10,12-13,15-16,18-20,26,29-30,33-34,38,43,50,52-53H,4,7-9,11,14,17,21-25,27-28,31-32H2,1-2H3,(H,54,55)/t33-,34-,38?,43?,47?,48?/m1/s1. The van der Waals surface area contributed by atoms with E-state index in [2.05, 4.69) is 78.0 Å². The van der Waals surface area contributed by atoms with E-state index in [0.29, 0.717) is 42.2 Å². The Hall–Kier alpha value is -3.91. The number of fused-ring (bicyclic) bond motifs is 3. The molecular formula is C48H60ClN3O4. The molecular weight excluding hydrogens is 718 g/mol. The van der Waals surface area contributed by atoms with E-state index in [1.807, 2.05) is 36.5 Å². The summed E-state index contributed by atoms with van der Waals surface area (Å²) >= 11 is 6.32. The van der Waals surface area contributed by atoms with Crippen LogP contribution in [0.1, 0.15) is 124 Å². The van der Waals surface area contributed by atoms with E-state index in [4.69, 9.17) is 16.3 Å². The average Bonchev–Trinajstić information content (AvgIpc) is 3.49. The number of nitrogens with zero attached hydrogens (tertiary/aromatic N) is 1. The number of hydrogen-bond donors (Lipinski definition) is 4. The van der Waals surface area contributed by atoms with Gasteiger partial charge in [0.1, 0.15) is 11.3 Å². The number of carboxylic acid groups (broad SMARTS) is 1. The fraction of sp³-hybridized carbons (Fsp3) is 0.500. The minimum absolute atomic E-state index is 0.0244. The quantitative estimate of drug-likeness (QED) is 0.0792. The Labute approximate surface area is 338 Å². The first-order chi connectivity index (χ1) is 27.2. The Morgan fingerprint density at radius 3 is 2.59 bits per heavy atom. The van der Waals surface area contributed by atoms with E-state index < -0.39 is 11.5 Å². The fourth-order valence-electron chi connectivity index (χ4n) is 10.2. The number of aryl methyl sites for hydroxylation is 2. The second kappa shape index (κ2) is 18.1. The third-order valence-corrected chi connectivity index (χ3v) is 13.5. The molecule has 1 heterocycles. The molecule has 7 rings (SSSR count). The van der Waals surface area contributed by atoms with Crippen LogP contribution in [-0.4, -0.2) is 46.5 Å². The first-order valence-electron chi connectivity index (χ1n) is 21.1. The van der Waals surface area contributed by atoms with Crippen LogP contribution < -0.4 is 15.4 Å². The number of carbonyl (C=O) groups is 1. The van der Waals surface area contributed by atoms with Crippen LogP contribution in [0.4, 0.5) is 5.69 Å². The van der Waals surface area contributed by atoms with Crippen LogP contribution in [0.5, 0.6) is 5.75 Å². The van der Waals surface area contributed by atoms with Gasteiger partial charge in [-0.3, -0.25) is 4.98 Å². The molecule has 3 aromatic carbocycles. The van der Waals surface area contributed by atoms with Crippen LogP contribution in [0, 0.1) is 11.8 Å². The van der Waals surface area contributed by atoms with Crippen LogP contribution >= 0.6 is 11.6 Å². The molecule has 0 radical (unpaired) electrons. The molecule has 298 valence electrons. The number of ether oxygens (including phenoxy) is 1. The largest absolute Gasteiger partial charge is 0.493 e. The molecule has 1 spiro atoms. The van der Waals surface area contributed by atoms with Gasteiger partial charge in [-0.1, -0.05) is 86.5 Å². The lowest BCUT2D eigenvalue weighted by Gasteiger charge is -2.47. The number of aliphatic carboxylic acids is 1. The molecule has 2 unspecified atom stereocenters. The number of unbranched alkanes of at least 4 members (excludes halogenated alkanes) is 2. The molecule has 0 aliphatic heterocycles. The Kier molecular flexibility index (Phi) is 13.0. The molecule has 0 amide bonds. The van der Waals surface area contributed by atoms with Crippen molar-refractivity contribution in [3.63, 3.8) is 0 Å². The number of carboxylic acids is 1. The zero-order valence-corrected chi connectivity index (χ0v) is 34.0. The third-order valence-electron chi connectivity index (χ3n) is 13.3. The Bertz CT molecular complexity index is 1930. The van der Waals surface area contributed by atoms with Gasteiger partial charge in [0, 0.05) is 28.2 Å². The van der Waals surface area contributed by atoms with E-state index in [9.17, 15) is 15.0 Å². The fourth-order valence-corrected chi connectivity index (χ4v) is 10.4. The molecule has 56 heavy (non-hydrogen) atoms. The number of aliphatic hydroxyl groups is 1. The van der Waals surface area contributed by atoms with Gasteiger partial charge in [-0.05, 0) is 153 Å². The van der Waals surface area contributed by atoms with Crippen molar-refractivity contribution in [3.05, 3.63) is 124 Å².